The number of halogens is 4. The molecular formula is C29H24ClF3N4O2. The topological polar surface area (TPSA) is 90.6 Å². The van der Waals surface area contributed by atoms with Crippen molar-refractivity contribution in [2.45, 2.75) is 25.8 Å². The van der Waals surface area contributed by atoms with Gasteiger partial charge in [0.2, 0.25) is 6.41 Å². The standard InChI is InChI=1S/C19H14ClF2N3O2.C10H10FN/c20-13-3-1-12(2-4-13)17-18(23-9-24-19(17)27)16(25-10-26)7-11-5-14(21)8-15(22)6-11;1-2-7-6-12-10-4-3-8(11)5-9(7)10/h1-6,8-10,16H,7H2,(H,25,26)(H,23,24,27);3-6,12H,2H2,1H3. The normalized spacial score (nSPS) is 11.5. The number of nitrogens with one attached hydrogen (secondary N) is 3. The van der Waals surface area contributed by atoms with E-state index < -0.39 is 23.2 Å². The van der Waals surface area contributed by atoms with Gasteiger partial charge in [0.05, 0.1) is 23.6 Å². The van der Waals surface area contributed by atoms with Crippen LogP contribution in [0.2, 0.25) is 5.02 Å². The Morgan fingerprint density at radius 2 is 1.69 bits per heavy atom. The third kappa shape index (κ3) is 6.74. The van der Waals surface area contributed by atoms with Gasteiger partial charge in [-0.2, -0.15) is 0 Å². The summed E-state index contributed by atoms with van der Waals surface area (Å²) in [4.78, 5) is 33.3. The van der Waals surface area contributed by atoms with Gasteiger partial charge in [0.15, 0.2) is 0 Å². The molecule has 6 nitrogen and oxygen atoms in total. The van der Waals surface area contributed by atoms with Crippen LogP contribution in [0, 0.1) is 17.5 Å². The molecule has 1 amide bonds. The molecule has 0 spiro atoms. The van der Waals surface area contributed by atoms with Gasteiger partial charge in [-0.25, -0.2) is 18.2 Å². The number of aryl methyl sites for hydroxylation is 1. The summed E-state index contributed by atoms with van der Waals surface area (Å²) in [5.41, 5.74) is 3.15. The average Bonchev–Trinajstić information content (AvgIpc) is 3.31. The van der Waals surface area contributed by atoms with Gasteiger partial charge in [-0.3, -0.25) is 9.59 Å². The van der Waals surface area contributed by atoms with Gasteiger partial charge >= 0.3 is 0 Å². The number of carbonyl (C=O) groups excluding carboxylic acids is 1. The van der Waals surface area contributed by atoms with Crippen LogP contribution in [-0.2, 0) is 17.6 Å². The van der Waals surface area contributed by atoms with Crippen molar-refractivity contribution in [1.82, 2.24) is 20.3 Å². The minimum Gasteiger partial charge on any atom is -0.361 e. The summed E-state index contributed by atoms with van der Waals surface area (Å²) < 4.78 is 39.8. The van der Waals surface area contributed by atoms with Crippen molar-refractivity contribution in [3.05, 3.63) is 123 Å². The van der Waals surface area contributed by atoms with Crippen molar-refractivity contribution in [3.8, 4) is 11.1 Å². The molecule has 0 fully saturated rings. The number of carbonyl (C=O) groups is 1. The minimum absolute atomic E-state index is 0.0461. The van der Waals surface area contributed by atoms with E-state index in [0.29, 0.717) is 22.6 Å². The van der Waals surface area contributed by atoms with Gasteiger partial charge in [0, 0.05) is 28.2 Å². The Morgan fingerprint density at radius 1 is 0.974 bits per heavy atom. The third-order valence-electron chi connectivity index (χ3n) is 6.09. The summed E-state index contributed by atoms with van der Waals surface area (Å²) in [6, 6.07) is 13.7. The Morgan fingerprint density at radius 3 is 2.36 bits per heavy atom. The number of hydrogen-bond acceptors (Lipinski definition) is 3. The van der Waals surface area contributed by atoms with E-state index in [0.717, 1.165) is 35.5 Å². The van der Waals surface area contributed by atoms with Gasteiger partial charge in [-0.15, -0.1) is 0 Å². The fourth-order valence-electron chi connectivity index (χ4n) is 4.30. The molecule has 0 saturated carbocycles. The van der Waals surface area contributed by atoms with E-state index in [4.69, 9.17) is 11.6 Å². The zero-order valence-electron chi connectivity index (χ0n) is 20.8. The number of nitrogens with zero attached hydrogens (tertiary/aromatic N) is 1. The van der Waals surface area contributed by atoms with Crippen LogP contribution in [0.3, 0.4) is 0 Å². The van der Waals surface area contributed by atoms with Crippen LogP contribution in [0.15, 0.2) is 78.0 Å². The van der Waals surface area contributed by atoms with Crippen molar-refractivity contribution in [2.75, 3.05) is 0 Å². The van der Waals surface area contributed by atoms with Gasteiger partial charge < -0.3 is 15.3 Å². The lowest BCUT2D eigenvalue weighted by molar-refractivity contribution is -0.110. The molecule has 1 atom stereocenters. The number of benzene rings is 3. The molecule has 2 aromatic heterocycles. The largest absolute Gasteiger partial charge is 0.361 e. The smallest absolute Gasteiger partial charge is 0.258 e. The van der Waals surface area contributed by atoms with E-state index >= 15 is 0 Å². The second kappa shape index (κ2) is 12.4. The molecule has 5 aromatic rings. The molecule has 1 unspecified atom stereocenters. The fourth-order valence-corrected chi connectivity index (χ4v) is 4.42. The number of fused-ring (bicyclic) bond motifs is 1. The Kier molecular flexibility index (Phi) is 8.83. The lowest BCUT2D eigenvalue weighted by Gasteiger charge is -2.18. The Balaban J connectivity index is 0.000000243. The van der Waals surface area contributed by atoms with Gasteiger partial charge in [0.25, 0.3) is 5.56 Å². The van der Waals surface area contributed by atoms with Crippen LogP contribution in [0.1, 0.15) is 29.8 Å². The Bertz CT molecular complexity index is 1630. The zero-order valence-corrected chi connectivity index (χ0v) is 21.5. The molecular weight excluding hydrogens is 529 g/mol. The van der Waals surface area contributed by atoms with Crippen LogP contribution in [0.25, 0.3) is 22.0 Å². The quantitative estimate of drug-likeness (QED) is 0.208. The van der Waals surface area contributed by atoms with E-state index in [-0.39, 0.29) is 23.5 Å². The van der Waals surface area contributed by atoms with Crippen molar-refractivity contribution in [2.24, 2.45) is 0 Å². The SMILES string of the molecule is CCc1c[nH]c2ccc(F)cc12.O=CNC(Cc1cc(F)cc(F)c1)c1nc[nH]c(=O)c1-c1ccc(Cl)cc1. The van der Waals surface area contributed by atoms with E-state index in [2.05, 4.69) is 27.2 Å². The first-order chi connectivity index (χ1) is 18.8. The maximum absolute atomic E-state index is 13.5. The molecule has 39 heavy (non-hydrogen) atoms. The molecule has 2 heterocycles. The van der Waals surface area contributed by atoms with Gasteiger partial charge in [0.1, 0.15) is 17.5 Å². The van der Waals surface area contributed by atoms with Crippen molar-refractivity contribution >= 4 is 28.9 Å². The first-order valence-corrected chi connectivity index (χ1v) is 12.4. The number of rotatable bonds is 7. The maximum atomic E-state index is 13.5. The number of hydrogen-bond donors (Lipinski definition) is 3. The van der Waals surface area contributed by atoms with Crippen molar-refractivity contribution < 1.29 is 18.0 Å². The van der Waals surface area contributed by atoms with Crippen LogP contribution in [0.4, 0.5) is 13.2 Å². The van der Waals surface area contributed by atoms with Crippen molar-refractivity contribution in [3.63, 3.8) is 0 Å². The number of aromatic amines is 2. The predicted octanol–water partition coefficient (Wildman–Crippen LogP) is 6.27. The number of amides is 1. The predicted molar refractivity (Wildman–Crippen MR) is 145 cm³/mol. The summed E-state index contributed by atoms with van der Waals surface area (Å²) >= 11 is 5.90. The Labute approximate surface area is 226 Å². The minimum atomic E-state index is -0.767. The highest BCUT2D eigenvalue weighted by Gasteiger charge is 2.21. The monoisotopic (exact) mass is 552 g/mol. The summed E-state index contributed by atoms with van der Waals surface area (Å²) in [6.45, 7) is 2.06. The molecule has 3 N–H and O–H groups in total. The molecule has 0 radical (unpaired) electrons. The summed E-state index contributed by atoms with van der Waals surface area (Å²) in [5.74, 6) is -1.63. The van der Waals surface area contributed by atoms with Gasteiger partial charge in [-0.1, -0.05) is 30.7 Å². The van der Waals surface area contributed by atoms with E-state index in [1.54, 1.807) is 36.4 Å². The molecule has 0 aliphatic heterocycles. The van der Waals surface area contributed by atoms with E-state index in [1.165, 1.54) is 18.0 Å². The first-order valence-electron chi connectivity index (χ1n) is 12.0. The fraction of sp³-hybridized carbons (Fsp3) is 0.138. The number of H-pyrrole nitrogens is 2. The highest BCUT2D eigenvalue weighted by atomic mass is 35.5. The van der Waals surface area contributed by atoms with Gasteiger partial charge in [-0.05, 0) is 72.0 Å². The Hall–Kier alpha value is -4.37. The summed E-state index contributed by atoms with van der Waals surface area (Å²) in [6.07, 6.45) is 4.58. The third-order valence-corrected chi connectivity index (χ3v) is 6.34. The number of aromatic nitrogens is 3. The molecule has 10 heteroatoms. The lowest BCUT2D eigenvalue weighted by atomic mass is 9.96. The molecule has 5 rings (SSSR count). The summed E-state index contributed by atoms with van der Waals surface area (Å²) in [5, 5.41) is 4.06. The molecule has 0 saturated heterocycles. The summed E-state index contributed by atoms with van der Waals surface area (Å²) in [7, 11) is 0. The zero-order chi connectivity index (χ0) is 27.9. The second-order valence-corrected chi connectivity index (χ2v) is 9.11. The van der Waals surface area contributed by atoms with Crippen LogP contribution >= 0.6 is 11.6 Å². The maximum Gasteiger partial charge on any atom is 0.258 e. The van der Waals surface area contributed by atoms with E-state index in [9.17, 15) is 22.8 Å². The molecule has 0 aliphatic rings. The second-order valence-electron chi connectivity index (χ2n) is 8.68. The van der Waals surface area contributed by atoms with E-state index in [1.807, 2.05) is 6.20 Å². The average molecular weight is 553 g/mol. The molecule has 0 aliphatic carbocycles. The first kappa shape index (κ1) is 27.7. The highest BCUT2D eigenvalue weighted by Crippen LogP contribution is 2.27. The van der Waals surface area contributed by atoms with Crippen LogP contribution in [0.5, 0.6) is 0 Å². The van der Waals surface area contributed by atoms with Crippen molar-refractivity contribution in [1.29, 1.82) is 0 Å². The van der Waals surface area contributed by atoms with Crippen LogP contribution < -0.4 is 10.9 Å². The van der Waals surface area contributed by atoms with Crippen LogP contribution in [-0.4, -0.2) is 21.4 Å². The molecule has 200 valence electrons. The lowest BCUT2D eigenvalue weighted by Crippen LogP contribution is -2.26. The molecule has 0 bridgehead atoms. The molecule has 3 aromatic carbocycles. The highest BCUT2D eigenvalue weighted by molar-refractivity contribution is 6.30.